The lowest BCUT2D eigenvalue weighted by Gasteiger charge is -2.23. The highest BCUT2D eigenvalue weighted by Crippen LogP contribution is 2.21. The van der Waals surface area contributed by atoms with Gasteiger partial charge in [-0.25, -0.2) is 13.4 Å². The molecule has 1 heterocycles. The summed E-state index contributed by atoms with van der Waals surface area (Å²) in [6.45, 7) is 3.39. The summed E-state index contributed by atoms with van der Waals surface area (Å²) in [6, 6.07) is 3.44. The fourth-order valence-corrected chi connectivity index (χ4v) is 1.47. The quantitative estimate of drug-likeness (QED) is 0.834. The maximum absolute atomic E-state index is 11.5. The van der Waals surface area contributed by atoms with Gasteiger partial charge in [-0.15, -0.1) is 0 Å². The zero-order valence-electron chi connectivity index (χ0n) is 10.6. The van der Waals surface area contributed by atoms with E-state index in [1.807, 2.05) is 6.07 Å². The van der Waals surface area contributed by atoms with Crippen molar-refractivity contribution in [1.82, 2.24) is 4.98 Å². The summed E-state index contributed by atoms with van der Waals surface area (Å²) >= 11 is 0. The van der Waals surface area contributed by atoms with Gasteiger partial charge in [0.15, 0.2) is 15.7 Å². The Kier molecular flexibility index (Phi) is 3.82. The number of hydrogen-bond donors (Lipinski definition) is 2. The van der Waals surface area contributed by atoms with Crippen LogP contribution in [0.1, 0.15) is 19.4 Å². The summed E-state index contributed by atoms with van der Waals surface area (Å²) < 4.78 is 22.1. The van der Waals surface area contributed by atoms with Crippen molar-refractivity contribution in [2.45, 2.75) is 18.6 Å². The van der Waals surface area contributed by atoms with E-state index < -0.39 is 14.6 Å². The second kappa shape index (κ2) is 4.82. The van der Waals surface area contributed by atoms with Crippen LogP contribution in [0.5, 0.6) is 0 Å². The number of hydrogen-bond acceptors (Lipinski definition) is 6. The van der Waals surface area contributed by atoms with Gasteiger partial charge in [-0.3, -0.25) is 0 Å². The zero-order chi connectivity index (χ0) is 14.0. The van der Waals surface area contributed by atoms with Gasteiger partial charge in [0.2, 0.25) is 0 Å². The van der Waals surface area contributed by atoms with Crippen LogP contribution in [0.15, 0.2) is 12.3 Å². The number of nitrogens with zero attached hydrogens (tertiary/aromatic N) is 2. The second-order valence-electron chi connectivity index (χ2n) is 4.62. The lowest BCUT2D eigenvalue weighted by molar-refractivity contribution is 0.559. The maximum Gasteiger partial charge on any atom is 0.154 e. The van der Waals surface area contributed by atoms with Crippen LogP contribution in [0.25, 0.3) is 0 Å². The minimum absolute atomic E-state index is 0.165. The molecule has 1 aromatic rings. The van der Waals surface area contributed by atoms with E-state index in [2.05, 4.69) is 10.3 Å². The molecule has 1 aromatic heterocycles. The molecule has 0 bridgehead atoms. The summed E-state index contributed by atoms with van der Waals surface area (Å²) in [5, 5.41) is 11.7. The monoisotopic (exact) mass is 268 g/mol. The van der Waals surface area contributed by atoms with Crippen LogP contribution >= 0.6 is 0 Å². The summed E-state index contributed by atoms with van der Waals surface area (Å²) in [6.07, 6.45) is 2.63. The highest BCUT2D eigenvalue weighted by molar-refractivity contribution is 7.92. The van der Waals surface area contributed by atoms with Crippen LogP contribution in [0.3, 0.4) is 0 Å². The Morgan fingerprint density at radius 1 is 1.56 bits per heavy atom. The first-order valence-electron chi connectivity index (χ1n) is 5.27. The molecule has 0 unspecified atom stereocenters. The Hall–Kier alpha value is -1.81. The van der Waals surface area contributed by atoms with Gasteiger partial charge in [-0.05, 0) is 19.9 Å². The number of aromatic nitrogens is 1. The molecule has 7 heteroatoms. The minimum atomic E-state index is -3.20. The van der Waals surface area contributed by atoms with Gasteiger partial charge in [0, 0.05) is 19.0 Å². The molecular weight excluding hydrogens is 252 g/mol. The molecule has 0 saturated carbocycles. The Bertz CT molecular complexity index is 588. The third kappa shape index (κ3) is 2.90. The van der Waals surface area contributed by atoms with Gasteiger partial charge in [-0.1, -0.05) is 0 Å². The van der Waals surface area contributed by atoms with Crippen molar-refractivity contribution >= 4 is 21.3 Å². The van der Waals surface area contributed by atoms with Crippen molar-refractivity contribution in [3.8, 4) is 6.07 Å². The average Bonchev–Trinajstić information content (AvgIpc) is 2.26. The van der Waals surface area contributed by atoms with Gasteiger partial charge in [-0.2, -0.15) is 5.26 Å². The maximum atomic E-state index is 11.5. The summed E-state index contributed by atoms with van der Waals surface area (Å²) in [7, 11) is -3.20. The highest BCUT2D eigenvalue weighted by atomic mass is 32.2. The van der Waals surface area contributed by atoms with E-state index >= 15 is 0 Å². The van der Waals surface area contributed by atoms with Crippen molar-refractivity contribution in [2.75, 3.05) is 23.9 Å². The van der Waals surface area contributed by atoms with E-state index in [4.69, 9.17) is 11.0 Å². The molecule has 0 saturated heterocycles. The largest absolute Gasteiger partial charge is 0.395 e. The minimum Gasteiger partial charge on any atom is -0.395 e. The highest BCUT2D eigenvalue weighted by Gasteiger charge is 2.30. The molecule has 3 N–H and O–H groups in total. The Balaban J connectivity index is 2.93. The van der Waals surface area contributed by atoms with Gasteiger partial charge < -0.3 is 11.1 Å². The van der Waals surface area contributed by atoms with Crippen LogP contribution in [0.4, 0.5) is 11.5 Å². The lowest BCUT2D eigenvalue weighted by Crippen LogP contribution is -2.38. The van der Waals surface area contributed by atoms with Crippen molar-refractivity contribution in [3.63, 3.8) is 0 Å². The van der Waals surface area contributed by atoms with Gasteiger partial charge >= 0.3 is 0 Å². The first kappa shape index (κ1) is 14.3. The molecule has 0 aromatic carbocycles. The number of sulfone groups is 1. The third-order valence-electron chi connectivity index (χ3n) is 2.80. The molecule has 0 radical (unpaired) electrons. The van der Waals surface area contributed by atoms with Gasteiger partial charge in [0.1, 0.15) is 6.07 Å². The molecule has 0 spiro atoms. The standard InChI is InChI=1S/C11H16N4O2S/c1-11(2,18(3,16)17)7-15-10-9(13)8(6-12)4-5-14-10/h4-5H,7,13H2,1-3H3,(H,14,15). The number of anilines is 2. The van der Waals surface area contributed by atoms with E-state index in [-0.39, 0.29) is 12.2 Å². The lowest BCUT2D eigenvalue weighted by atomic mass is 10.2. The van der Waals surface area contributed by atoms with Crippen molar-refractivity contribution in [3.05, 3.63) is 17.8 Å². The first-order chi connectivity index (χ1) is 8.19. The number of rotatable bonds is 4. The summed E-state index contributed by atoms with van der Waals surface area (Å²) in [4.78, 5) is 3.99. The number of nitriles is 1. The Morgan fingerprint density at radius 2 is 2.17 bits per heavy atom. The van der Waals surface area contributed by atoms with Crippen molar-refractivity contribution < 1.29 is 8.42 Å². The zero-order valence-corrected chi connectivity index (χ0v) is 11.4. The topological polar surface area (TPSA) is 109 Å². The second-order valence-corrected chi connectivity index (χ2v) is 7.27. The van der Waals surface area contributed by atoms with E-state index in [9.17, 15) is 8.42 Å². The van der Waals surface area contributed by atoms with Gasteiger partial charge in [0.25, 0.3) is 0 Å². The Morgan fingerprint density at radius 3 is 2.67 bits per heavy atom. The predicted molar refractivity (Wildman–Crippen MR) is 70.8 cm³/mol. The third-order valence-corrected chi connectivity index (χ3v) is 4.95. The van der Waals surface area contributed by atoms with E-state index in [0.29, 0.717) is 11.4 Å². The molecule has 18 heavy (non-hydrogen) atoms. The Labute approximate surface area is 107 Å². The SMILES string of the molecule is CC(C)(CNc1nccc(C#N)c1N)S(C)(=O)=O. The van der Waals surface area contributed by atoms with Gasteiger partial charge in [0.05, 0.1) is 16.0 Å². The van der Waals surface area contributed by atoms with Crippen molar-refractivity contribution in [2.24, 2.45) is 0 Å². The molecular formula is C11H16N4O2S. The van der Waals surface area contributed by atoms with E-state index in [1.165, 1.54) is 18.5 Å². The molecule has 0 fully saturated rings. The fourth-order valence-electron chi connectivity index (χ4n) is 1.14. The smallest absolute Gasteiger partial charge is 0.154 e. The van der Waals surface area contributed by atoms with E-state index in [1.54, 1.807) is 13.8 Å². The molecule has 1 rings (SSSR count). The van der Waals surface area contributed by atoms with Crippen LogP contribution in [0, 0.1) is 11.3 Å². The first-order valence-corrected chi connectivity index (χ1v) is 7.16. The van der Waals surface area contributed by atoms with Crippen LogP contribution in [-0.2, 0) is 9.84 Å². The molecule has 0 aliphatic carbocycles. The number of pyridine rings is 1. The van der Waals surface area contributed by atoms with Crippen LogP contribution < -0.4 is 11.1 Å². The molecule has 0 atom stereocenters. The number of nitrogen functional groups attached to an aromatic ring is 1. The molecule has 0 aliphatic heterocycles. The normalized spacial score (nSPS) is 11.9. The molecule has 98 valence electrons. The van der Waals surface area contributed by atoms with Crippen LogP contribution in [-0.4, -0.2) is 30.9 Å². The van der Waals surface area contributed by atoms with Crippen LogP contribution in [0.2, 0.25) is 0 Å². The predicted octanol–water partition coefficient (Wildman–Crippen LogP) is 0.771. The average molecular weight is 268 g/mol. The molecule has 6 nitrogen and oxygen atoms in total. The molecule has 0 amide bonds. The summed E-state index contributed by atoms with van der Waals surface area (Å²) in [5.41, 5.74) is 6.27. The summed E-state index contributed by atoms with van der Waals surface area (Å²) in [5.74, 6) is 0.325. The number of nitrogens with two attached hydrogens (primary N) is 1. The van der Waals surface area contributed by atoms with E-state index in [0.717, 1.165) is 0 Å². The number of nitrogens with one attached hydrogen (secondary N) is 1. The fraction of sp³-hybridized carbons (Fsp3) is 0.455. The van der Waals surface area contributed by atoms with Crippen molar-refractivity contribution in [1.29, 1.82) is 5.26 Å². The molecule has 0 aliphatic rings.